The maximum absolute atomic E-state index is 10.2. The number of aliphatic hydroxyl groups is 1. The van der Waals surface area contributed by atoms with Gasteiger partial charge in [-0.1, -0.05) is 72.5 Å². The Morgan fingerprint density at radius 1 is 0.967 bits per heavy atom. The molecule has 4 aliphatic carbocycles. The minimum Gasteiger partial charge on any atom is -0.393 e. The standard InChI is InChI=1S/C29H50O/c1-7-19(2)20(3)8-9-21(4)25-12-13-26-24-11-10-22-18-23(30)14-16-28(22,5)27(24)15-17-29(25,26)6/h10,19-21,23-27,30H,7-9,11-18H2,1-6H3/t19?,20?,21-,23+,24?,25-,26?,27?,28+,29-/m1/s1. The molecule has 0 saturated heterocycles. The first-order valence-electron chi connectivity index (χ1n) is 13.6. The smallest absolute Gasteiger partial charge is 0.0577 e. The van der Waals surface area contributed by atoms with Gasteiger partial charge in [-0.3, -0.25) is 0 Å². The van der Waals surface area contributed by atoms with Crippen molar-refractivity contribution in [2.24, 2.45) is 52.3 Å². The zero-order chi connectivity index (χ0) is 21.7. The molecule has 3 fully saturated rings. The average molecular weight is 415 g/mol. The van der Waals surface area contributed by atoms with Crippen molar-refractivity contribution in [3.63, 3.8) is 0 Å². The first-order valence-corrected chi connectivity index (χ1v) is 13.6. The molecule has 0 spiro atoms. The summed E-state index contributed by atoms with van der Waals surface area (Å²) in [7, 11) is 0. The Morgan fingerprint density at radius 3 is 2.47 bits per heavy atom. The fourth-order valence-electron chi connectivity index (χ4n) is 9.03. The maximum atomic E-state index is 10.2. The molecule has 0 bridgehead atoms. The number of hydrogen-bond donors (Lipinski definition) is 1. The van der Waals surface area contributed by atoms with Crippen LogP contribution in [0, 0.1) is 52.3 Å². The first-order chi connectivity index (χ1) is 14.2. The van der Waals surface area contributed by atoms with Gasteiger partial charge in [-0.15, -0.1) is 0 Å². The van der Waals surface area contributed by atoms with E-state index in [9.17, 15) is 5.11 Å². The second kappa shape index (κ2) is 8.57. The highest BCUT2D eigenvalue weighted by Crippen LogP contribution is 2.67. The fraction of sp³-hybridized carbons (Fsp3) is 0.931. The summed E-state index contributed by atoms with van der Waals surface area (Å²) in [6.45, 7) is 15.1. The average Bonchev–Trinajstić information content (AvgIpc) is 3.09. The van der Waals surface area contributed by atoms with Gasteiger partial charge in [0.05, 0.1) is 6.10 Å². The molecule has 10 atom stereocenters. The molecule has 4 rings (SSSR count). The molecule has 1 N–H and O–H groups in total. The molecule has 0 aromatic carbocycles. The quantitative estimate of drug-likeness (QED) is 0.436. The SMILES string of the molecule is CCC(C)C(C)CC[C@@H](C)[C@H]1CCC2C3CC=C4C[C@@H](O)CC[C@]4(C)C3CC[C@@]21C. The third kappa shape index (κ3) is 3.74. The van der Waals surface area contributed by atoms with E-state index in [-0.39, 0.29) is 6.10 Å². The van der Waals surface area contributed by atoms with Crippen LogP contribution in [-0.2, 0) is 0 Å². The van der Waals surface area contributed by atoms with Gasteiger partial charge in [0, 0.05) is 0 Å². The Labute approximate surface area is 187 Å². The van der Waals surface area contributed by atoms with Gasteiger partial charge < -0.3 is 5.11 Å². The lowest BCUT2D eigenvalue weighted by Gasteiger charge is -2.58. The zero-order valence-electron chi connectivity index (χ0n) is 20.9. The van der Waals surface area contributed by atoms with E-state index in [2.05, 4.69) is 47.6 Å². The van der Waals surface area contributed by atoms with Crippen molar-refractivity contribution in [3.8, 4) is 0 Å². The summed E-state index contributed by atoms with van der Waals surface area (Å²) in [5.74, 6) is 6.31. The van der Waals surface area contributed by atoms with Crippen molar-refractivity contribution in [3.05, 3.63) is 11.6 Å². The number of rotatable bonds is 6. The van der Waals surface area contributed by atoms with Crippen molar-refractivity contribution in [1.82, 2.24) is 0 Å². The largest absolute Gasteiger partial charge is 0.393 e. The van der Waals surface area contributed by atoms with E-state index in [0.717, 1.165) is 54.3 Å². The summed E-state index contributed by atoms with van der Waals surface area (Å²) in [6.07, 6.45) is 17.1. The van der Waals surface area contributed by atoms with Crippen LogP contribution in [0.2, 0.25) is 0 Å². The van der Waals surface area contributed by atoms with Gasteiger partial charge in [0.15, 0.2) is 0 Å². The number of allylic oxidation sites excluding steroid dienone is 1. The number of fused-ring (bicyclic) bond motifs is 5. The molecule has 4 aliphatic rings. The molecule has 1 nitrogen and oxygen atoms in total. The fourth-order valence-corrected chi connectivity index (χ4v) is 9.03. The predicted octanol–water partition coefficient (Wildman–Crippen LogP) is 8.02. The number of hydrogen-bond acceptors (Lipinski definition) is 1. The van der Waals surface area contributed by atoms with E-state index < -0.39 is 0 Å². The second-order valence-electron chi connectivity index (χ2n) is 12.8. The van der Waals surface area contributed by atoms with Crippen LogP contribution in [0.5, 0.6) is 0 Å². The van der Waals surface area contributed by atoms with E-state index in [4.69, 9.17) is 0 Å². The van der Waals surface area contributed by atoms with Crippen molar-refractivity contribution >= 4 is 0 Å². The van der Waals surface area contributed by atoms with Gasteiger partial charge >= 0.3 is 0 Å². The van der Waals surface area contributed by atoms with Crippen LogP contribution < -0.4 is 0 Å². The summed E-state index contributed by atoms with van der Waals surface area (Å²) >= 11 is 0. The van der Waals surface area contributed by atoms with Gasteiger partial charge in [0.1, 0.15) is 0 Å². The van der Waals surface area contributed by atoms with Gasteiger partial charge in [-0.05, 0) is 104 Å². The topological polar surface area (TPSA) is 20.2 Å². The Kier molecular flexibility index (Phi) is 6.53. The summed E-state index contributed by atoms with van der Waals surface area (Å²) < 4.78 is 0. The Hall–Kier alpha value is -0.300. The van der Waals surface area contributed by atoms with Crippen LogP contribution in [0.4, 0.5) is 0 Å². The third-order valence-corrected chi connectivity index (χ3v) is 11.5. The van der Waals surface area contributed by atoms with E-state index in [1.807, 2.05) is 0 Å². The molecule has 0 heterocycles. The minimum atomic E-state index is -0.0794. The van der Waals surface area contributed by atoms with E-state index in [0.29, 0.717) is 10.8 Å². The van der Waals surface area contributed by atoms with Gasteiger partial charge in [-0.2, -0.15) is 0 Å². The first kappa shape index (κ1) is 22.9. The summed E-state index contributed by atoms with van der Waals surface area (Å²) in [6, 6.07) is 0. The van der Waals surface area contributed by atoms with E-state index >= 15 is 0 Å². The lowest BCUT2D eigenvalue weighted by molar-refractivity contribution is -0.0575. The molecule has 0 aliphatic heterocycles. The van der Waals surface area contributed by atoms with Crippen LogP contribution in [0.3, 0.4) is 0 Å². The van der Waals surface area contributed by atoms with Crippen molar-refractivity contribution in [2.75, 3.05) is 0 Å². The summed E-state index contributed by atoms with van der Waals surface area (Å²) in [5, 5.41) is 10.2. The molecule has 0 aromatic heterocycles. The Balaban J connectivity index is 1.46. The molecule has 30 heavy (non-hydrogen) atoms. The Bertz CT molecular complexity index is 636. The molecule has 0 radical (unpaired) electrons. The molecule has 1 heteroatoms. The molecular weight excluding hydrogens is 364 g/mol. The van der Waals surface area contributed by atoms with Crippen LogP contribution in [0.15, 0.2) is 11.6 Å². The molecular formula is C29H50O. The van der Waals surface area contributed by atoms with Gasteiger partial charge in [0.25, 0.3) is 0 Å². The minimum absolute atomic E-state index is 0.0794. The van der Waals surface area contributed by atoms with Crippen molar-refractivity contribution in [1.29, 1.82) is 0 Å². The normalized spacial score (nSPS) is 46.2. The highest BCUT2D eigenvalue weighted by atomic mass is 16.3. The Morgan fingerprint density at radius 2 is 1.73 bits per heavy atom. The summed E-state index contributed by atoms with van der Waals surface area (Å²) in [4.78, 5) is 0. The number of aliphatic hydroxyl groups excluding tert-OH is 1. The molecule has 0 amide bonds. The highest BCUT2D eigenvalue weighted by molar-refractivity contribution is 5.25. The molecule has 5 unspecified atom stereocenters. The van der Waals surface area contributed by atoms with Crippen molar-refractivity contribution in [2.45, 2.75) is 118 Å². The van der Waals surface area contributed by atoms with Gasteiger partial charge in [0.2, 0.25) is 0 Å². The van der Waals surface area contributed by atoms with Crippen molar-refractivity contribution < 1.29 is 5.11 Å². The van der Waals surface area contributed by atoms with Crippen LogP contribution >= 0.6 is 0 Å². The van der Waals surface area contributed by atoms with E-state index in [1.165, 1.54) is 57.8 Å². The molecule has 0 aromatic rings. The maximum Gasteiger partial charge on any atom is 0.0577 e. The summed E-state index contributed by atoms with van der Waals surface area (Å²) in [5.41, 5.74) is 2.59. The lowest BCUT2D eigenvalue weighted by atomic mass is 9.47. The molecule has 3 saturated carbocycles. The van der Waals surface area contributed by atoms with Crippen LogP contribution in [0.25, 0.3) is 0 Å². The monoisotopic (exact) mass is 414 g/mol. The van der Waals surface area contributed by atoms with E-state index in [1.54, 1.807) is 5.57 Å². The third-order valence-electron chi connectivity index (χ3n) is 11.5. The zero-order valence-corrected chi connectivity index (χ0v) is 20.9. The lowest BCUT2D eigenvalue weighted by Crippen LogP contribution is -2.50. The van der Waals surface area contributed by atoms with Crippen LogP contribution in [-0.4, -0.2) is 11.2 Å². The van der Waals surface area contributed by atoms with Gasteiger partial charge in [-0.25, -0.2) is 0 Å². The van der Waals surface area contributed by atoms with Crippen LogP contribution in [0.1, 0.15) is 112 Å². The molecule has 172 valence electrons. The predicted molar refractivity (Wildman–Crippen MR) is 128 cm³/mol. The highest BCUT2D eigenvalue weighted by Gasteiger charge is 2.59. The second-order valence-corrected chi connectivity index (χ2v) is 12.8.